The first-order valence-electron chi connectivity index (χ1n) is 4.97. The van der Waals surface area contributed by atoms with Crippen LogP contribution in [0.3, 0.4) is 0 Å². The van der Waals surface area contributed by atoms with Crippen LogP contribution in [0.5, 0.6) is 0 Å². The summed E-state index contributed by atoms with van der Waals surface area (Å²) in [4.78, 5) is 7.43. The molecule has 0 bridgehead atoms. The van der Waals surface area contributed by atoms with E-state index in [2.05, 4.69) is 36.5 Å². The van der Waals surface area contributed by atoms with Crippen LogP contribution in [0.4, 0.5) is 0 Å². The third-order valence-electron chi connectivity index (χ3n) is 1.51. The lowest BCUT2D eigenvalue weighted by molar-refractivity contribution is 1.14. The van der Waals surface area contributed by atoms with Crippen LogP contribution in [0.15, 0.2) is 12.2 Å². The molecule has 78 valence electrons. The molecule has 14 heavy (non-hydrogen) atoms. The van der Waals surface area contributed by atoms with Gasteiger partial charge in [0.2, 0.25) is 0 Å². The van der Waals surface area contributed by atoms with Crippen LogP contribution < -0.4 is 0 Å². The number of rotatable bonds is 2. The zero-order valence-electron chi connectivity index (χ0n) is 9.81. The maximum Gasteiger partial charge on any atom is 0.104 e. The smallest absolute Gasteiger partial charge is 0.104 e. The fourth-order valence-corrected chi connectivity index (χ4v) is 1.08. The van der Waals surface area contributed by atoms with Gasteiger partial charge >= 0.3 is 0 Å². The third kappa shape index (κ3) is 3.60. The zero-order valence-corrected chi connectivity index (χ0v) is 9.81. The van der Waals surface area contributed by atoms with Crippen molar-refractivity contribution in [2.24, 2.45) is 0 Å². The van der Waals surface area contributed by atoms with E-state index in [4.69, 9.17) is 0 Å². The summed E-state index contributed by atoms with van der Waals surface area (Å²) in [7, 11) is 0. The molecular formula is C12H20N2. The Kier molecular flexibility index (Phi) is 5.61. The van der Waals surface area contributed by atoms with Gasteiger partial charge in [0.05, 0.1) is 11.4 Å². The van der Waals surface area contributed by atoms with Crippen LogP contribution in [-0.2, 0) is 0 Å². The molecule has 0 saturated carbocycles. The predicted molar refractivity (Wildman–Crippen MR) is 64.1 cm³/mol. The highest BCUT2D eigenvalue weighted by Gasteiger charge is 2.00. The van der Waals surface area contributed by atoms with E-state index >= 15 is 0 Å². The number of H-pyrrole nitrogens is 1. The molecule has 1 rings (SSSR count). The maximum atomic E-state index is 4.26. The molecule has 2 nitrogen and oxygen atoms in total. The van der Waals surface area contributed by atoms with Crippen molar-refractivity contribution in [3.8, 4) is 0 Å². The Hall–Kier alpha value is -1.31. The van der Waals surface area contributed by atoms with Crippen LogP contribution in [0, 0.1) is 6.92 Å². The molecule has 0 unspecified atom stereocenters. The highest BCUT2D eigenvalue weighted by atomic mass is 14.9. The molecule has 0 saturated heterocycles. The molecule has 0 atom stereocenters. The van der Waals surface area contributed by atoms with Crippen LogP contribution in [-0.4, -0.2) is 9.97 Å². The van der Waals surface area contributed by atoms with Gasteiger partial charge in [-0.2, -0.15) is 0 Å². The zero-order chi connectivity index (χ0) is 11.1. The first kappa shape index (κ1) is 12.7. The molecule has 0 fully saturated rings. The van der Waals surface area contributed by atoms with E-state index in [0.29, 0.717) is 0 Å². The van der Waals surface area contributed by atoms with Gasteiger partial charge in [-0.25, -0.2) is 4.98 Å². The van der Waals surface area contributed by atoms with Crippen molar-refractivity contribution in [3.63, 3.8) is 0 Å². The first-order valence-corrected chi connectivity index (χ1v) is 4.97. The van der Waals surface area contributed by atoms with Gasteiger partial charge < -0.3 is 4.98 Å². The van der Waals surface area contributed by atoms with Gasteiger partial charge in [-0.3, -0.25) is 0 Å². The Balaban J connectivity index is 0.000000791. The van der Waals surface area contributed by atoms with Crippen LogP contribution >= 0.6 is 0 Å². The summed E-state index contributed by atoms with van der Waals surface area (Å²) >= 11 is 0. The first-order chi connectivity index (χ1) is 6.63. The van der Waals surface area contributed by atoms with Crippen molar-refractivity contribution in [1.29, 1.82) is 0 Å². The SMILES string of the molecule is C=Cc1nc(C)[nH]c1C=C(C)C.CC. The summed E-state index contributed by atoms with van der Waals surface area (Å²) in [5.41, 5.74) is 3.22. The lowest BCUT2D eigenvalue weighted by Crippen LogP contribution is -1.77. The van der Waals surface area contributed by atoms with Crippen LogP contribution in [0.1, 0.15) is 44.9 Å². The van der Waals surface area contributed by atoms with Gasteiger partial charge in [0, 0.05) is 0 Å². The average molecular weight is 192 g/mol. The molecule has 0 radical (unpaired) electrons. The Bertz CT molecular complexity index is 315. The maximum absolute atomic E-state index is 4.26. The molecule has 0 spiro atoms. The minimum Gasteiger partial charge on any atom is -0.342 e. The summed E-state index contributed by atoms with van der Waals surface area (Å²) in [5, 5.41) is 0. The van der Waals surface area contributed by atoms with Crippen molar-refractivity contribution in [2.45, 2.75) is 34.6 Å². The lowest BCUT2D eigenvalue weighted by Gasteiger charge is -1.90. The highest BCUT2D eigenvalue weighted by Crippen LogP contribution is 2.11. The van der Waals surface area contributed by atoms with Crippen molar-refractivity contribution < 1.29 is 0 Å². The Labute approximate surface area is 86.8 Å². The van der Waals surface area contributed by atoms with Crippen molar-refractivity contribution in [2.75, 3.05) is 0 Å². The van der Waals surface area contributed by atoms with Crippen LogP contribution in [0.2, 0.25) is 0 Å². The Morgan fingerprint density at radius 2 is 1.93 bits per heavy atom. The normalized spacial score (nSPS) is 8.64. The Morgan fingerprint density at radius 1 is 1.36 bits per heavy atom. The number of hydrogen-bond donors (Lipinski definition) is 1. The number of allylic oxidation sites excluding steroid dienone is 1. The number of aryl methyl sites for hydroxylation is 1. The van der Waals surface area contributed by atoms with Crippen molar-refractivity contribution in [3.05, 3.63) is 29.4 Å². The molecule has 0 aliphatic heterocycles. The summed E-state index contributed by atoms with van der Waals surface area (Å²) in [5.74, 6) is 0.928. The van der Waals surface area contributed by atoms with Gasteiger partial charge in [-0.1, -0.05) is 26.0 Å². The van der Waals surface area contributed by atoms with Gasteiger partial charge in [-0.15, -0.1) is 0 Å². The number of nitrogens with zero attached hydrogens (tertiary/aromatic N) is 1. The van der Waals surface area contributed by atoms with Gasteiger partial charge in [0.25, 0.3) is 0 Å². The van der Waals surface area contributed by atoms with Gasteiger partial charge in [0.15, 0.2) is 0 Å². The second kappa shape index (κ2) is 6.19. The summed E-state index contributed by atoms with van der Waals surface area (Å²) in [6, 6.07) is 0. The van der Waals surface area contributed by atoms with E-state index in [-0.39, 0.29) is 0 Å². The molecule has 1 N–H and O–H groups in total. The molecule has 0 aromatic carbocycles. The highest BCUT2D eigenvalue weighted by molar-refractivity contribution is 5.60. The molecule has 0 aliphatic rings. The quantitative estimate of drug-likeness (QED) is 0.758. The number of aromatic nitrogens is 2. The minimum atomic E-state index is 0.925. The summed E-state index contributed by atoms with van der Waals surface area (Å²) in [6.07, 6.45) is 3.83. The topological polar surface area (TPSA) is 28.7 Å². The molecule has 0 amide bonds. The van der Waals surface area contributed by atoms with E-state index in [0.717, 1.165) is 17.2 Å². The second-order valence-corrected chi connectivity index (χ2v) is 3.05. The molecule has 2 heteroatoms. The van der Waals surface area contributed by atoms with E-state index in [1.165, 1.54) is 5.57 Å². The number of nitrogens with one attached hydrogen (secondary N) is 1. The molecule has 1 aromatic heterocycles. The predicted octanol–water partition coefficient (Wildman–Crippen LogP) is 3.81. The van der Waals surface area contributed by atoms with Crippen molar-refractivity contribution in [1.82, 2.24) is 9.97 Å². The summed E-state index contributed by atoms with van der Waals surface area (Å²) in [6.45, 7) is 13.8. The number of imidazole rings is 1. The lowest BCUT2D eigenvalue weighted by atomic mass is 10.2. The minimum absolute atomic E-state index is 0.925. The average Bonchev–Trinajstić information content (AvgIpc) is 2.48. The second-order valence-electron chi connectivity index (χ2n) is 3.05. The molecular weight excluding hydrogens is 172 g/mol. The van der Waals surface area contributed by atoms with E-state index in [1.807, 2.05) is 20.8 Å². The Morgan fingerprint density at radius 3 is 2.36 bits per heavy atom. The van der Waals surface area contributed by atoms with E-state index in [1.54, 1.807) is 6.08 Å². The van der Waals surface area contributed by atoms with E-state index < -0.39 is 0 Å². The fourth-order valence-electron chi connectivity index (χ4n) is 1.08. The van der Waals surface area contributed by atoms with Gasteiger partial charge in [0.1, 0.15) is 5.82 Å². The van der Waals surface area contributed by atoms with Gasteiger partial charge in [-0.05, 0) is 32.9 Å². The van der Waals surface area contributed by atoms with Crippen molar-refractivity contribution >= 4 is 12.2 Å². The largest absolute Gasteiger partial charge is 0.342 e. The molecule has 0 aliphatic carbocycles. The molecule has 1 aromatic rings. The van der Waals surface area contributed by atoms with Crippen LogP contribution in [0.25, 0.3) is 12.2 Å². The monoisotopic (exact) mass is 192 g/mol. The van der Waals surface area contributed by atoms with E-state index in [9.17, 15) is 0 Å². The standard InChI is InChI=1S/C10H14N2.C2H6/c1-5-9-10(6-7(2)3)12-8(4)11-9;1-2/h5-6H,1H2,2-4H3,(H,11,12);1-2H3. The summed E-state index contributed by atoms with van der Waals surface area (Å²) < 4.78 is 0. The molecule has 1 heterocycles. The third-order valence-corrected chi connectivity index (χ3v) is 1.51. The number of aromatic amines is 1. The fraction of sp³-hybridized carbons (Fsp3) is 0.417. The number of hydrogen-bond acceptors (Lipinski definition) is 1.